The Balaban J connectivity index is 1.38. The van der Waals surface area contributed by atoms with E-state index in [0.29, 0.717) is 11.4 Å². The van der Waals surface area contributed by atoms with E-state index in [4.69, 9.17) is 0 Å². The summed E-state index contributed by atoms with van der Waals surface area (Å²) in [5, 5.41) is 14.0. The molecule has 2 aromatic heterocycles. The van der Waals surface area contributed by atoms with Crippen molar-refractivity contribution in [3.05, 3.63) is 69.5 Å². The third-order valence-corrected chi connectivity index (χ3v) is 4.97. The van der Waals surface area contributed by atoms with Crippen molar-refractivity contribution in [1.82, 2.24) is 15.1 Å². The van der Waals surface area contributed by atoms with Gasteiger partial charge in [-0.1, -0.05) is 30.3 Å². The molecule has 0 spiro atoms. The average Bonchev–Trinajstić information content (AvgIpc) is 3.32. The van der Waals surface area contributed by atoms with Crippen LogP contribution in [0.5, 0.6) is 0 Å². The first-order chi connectivity index (χ1) is 11.8. The zero-order chi connectivity index (χ0) is 16.4. The molecule has 0 bridgehead atoms. The van der Waals surface area contributed by atoms with Crippen LogP contribution in [0.4, 0.5) is 5.82 Å². The Kier molecular flexibility index (Phi) is 4.15. The van der Waals surface area contributed by atoms with Crippen LogP contribution >= 0.6 is 11.3 Å². The monoisotopic (exact) mass is 338 g/mol. The van der Waals surface area contributed by atoms with E-state index in [2.05, 4.69) is 44.7 Å². The van der Waals surface area contributed by atoms with E-state index < -0.39 is 0 Å². The van der Waals surface area contributed by atoms with Crippen LogP contribution in [0, 0.1) is 0 Å². The van der Waals surface area contributed by atoms with E-state index in [1.54, 1.807) is 0 Å². The zero-order valence-electron chi connectivity index (χ0n) is 13.2. The summed E-state index contributed by atoms with van der Waals surface area (Å²) in [4.78, 5) is 14.6. The van der Waals surface area contributed by atoms with Crippen molar-refractivity contribution in [2.45, 2.75) is 19.5 Å². The summed E-state index contributed by atoms with van der Waals surface area (Å²) in [5.74, 6) is 0.552. The minimum atomic E-state index is -0.103. The Hall–Kier alpha value is -2.44. The predicted molar refractivity (Wildman–Crippen MR) is 95.1 cm³/mol. The molecule has 3 heterocycles. The first kappa shape index (κ1) is 15.1. The largest absolute Gasteiger partial charge is 0.305 e. The van der Waals surface area contributed by atoms with Gasteiger partial charge in [-0.3, -0.25) is 14.8 Å². The first-order valence-electron chi connectivity index (χ1n) is 7.95. The van der Waals surface area contributed by atoms with Crippen molar-refractivity contribution in [2.24, 2.45) is 0 Å². The molecule has 0 unspecified atom stereocenters. The average molecular weight is 338 g/mol. The van der Waals surface area contributed by atoms with Crippen molar-refractivity contribution >= 4 is 23.1 Å². The number of nitrogens with one attached hydrogen (secondary N) is 2. The predicted octanol–water partition coefficient (Wildman–Crippen LogP) is 3.28. The molecule has 0 atom stereocenters. The number of H-pyrrole nitrogens is 1. The summed E-state index contributed by atoms with van der Waals surface area (Å²) < 4.78 is 0. The summed E-state index contributed by atoms with van der Waals surface area (Å²) in [5.41, 5.74) is 4.23. The van der Waals surface area contributed by atoms with Gasteiger partial charge in [-0.25, -0.2) is 0 Å². The number of hydrogen-bond donors (Lipinski definition) is 2. The highest BCUT2D eigenvalue weighted by Gasteiger charge is 2.25. The molecule has 1 aromatic carbocycles. The number of rotatable bonds is 5. The maximum absolute atomic E-state index is 12.2. The van der Waals surface area contributed by atoms with E-state index in [1.807, 2.05) is 22.9 Å². The van der Waals surface area contributed by atoms with Crippen molar-refractivity contribution in [3.63, 3.8) is 0 Å². The number of aromatic nitrogens is 2. The van der Waals surface area contributed by atoms with Crippen LogP contribution in [0.15, 0.2) is 47.2 Å². The molecule has 0 fully saturated rings. The number of benzene rings is 1. The van der Waals surface area contributed by atoms with Gasteiger partial charge in [-0.05, 0) is 23.4 Å². The van der Waals surface area contributed by atoms with Crippen LogP contribution < -0.4 is 5.32 Å². The standard InChI is InChI=1S/C18H18N4OS/c23-18(14-7-9-24-12-14)19-17-15-10-22(11-16(15)20-21-17)8-6-13-4-2-1-3-5-13/h1-5,7,9,12H,6,8,10-11H2,(H2,19,20,21,23). The molecule has 3 aromatic rings. The fraction of sp³-hybridized carbons (Fsp3) is 0.222. The minimum Gasteiger partial charge on any atom is -0.305 e. The van der Waals surface area contributed by atoms with Crippen molar-refractivity contribution < 1.29 is 4.79 Å². The molecule has 6 heteroatoms. The summed E-state index contributed by atoms with van der Waals surface area (Å²) in [6, 6.07) is 12.3. The molecule has 4 rings (SSSR count). The number of carbonyl (C=O) groups excluding carboxylic acids is 1. The van der Waals surface area contributed by atoms with Gasteiger partial charge in [0.15, 0.2) is 5.82 Å². The van der Waals surface area contributed by atoms with Gasteiger partial charge in [0.1, 0.15) is 0 Å². The lowest BCUT2D eigenvalue weighted by Gasteiger charge is -2.15. The lowest BCUT2D eigenvalue weighted by atomic mass is 10.1. The van der Waals surface area contributed by atoms with Crippen LogP contribution in [0.3, 0.4) is 0 Å². The third-order valence-electron chi connectivity index (χ3n) is 4.29. The lowest BCUT2D eigenvalue weighted by molar-refractivity contribution is 0.102. The molecule has 122 valence electrons. The number of thiophene rings is 1. The van der Waals surface area contributed by atoms with Gasteiger partial charge in [0.05, 0.1) is 11.3 Å². The van der Waals surface area contributed by atoms with Crippen LogP contribution in [0.1, 0.15) is 27.2 Å². The Bertz CT molecular complexity index is 826. The molecule has 0 saturated carbocycles. The van der Waals surface area contributed by atoms with Gasteiger partial charge in [-0.15, -0.1) is 0 Å². The number of nitrogens with zero attached hydrogens (tertiary/aromatic N) is 2. The molecule has 5 nitrogen and oxygen atoms in total. The number of amides is 1. The molecule has 2 N–H and O–H groups in total. The van der Waals surface area contributed by atoms with Gasteiger partial charge < -0.3 is 5.32 Å². The number of hydrogen-bond acceptors (Lipinski definition) is 4. The van der Waals surface area contributed by atoms with Gasteiger partial charge in [0, 0.05) is 30.6 Å². The molecular weight excluding hydrogens is 320 g/mol. The van der Waals surface area contributed by atoms with Crippen LogP contribution in [0.2, 0.25) is 0 Å². The summed E-state index contributed by atoms with van der Waals surface area (Å²) >= 11 is 1.51. The molecule has 1 aliphatic rings. The van der Waals surface area contributed by atoms with E-state index >= 15 is 0 Å². The quantitative estimate of drug-likeness (QED) is 0.750. The highest BCUT2D eigenvalue weighted by Crippen LogP contribution is 2.27. The van der Waals surface area contributed by atoms with E-state index in [9.17, 15) is 4.79 Å². The van der Waals surface area contributed by atoms with E-state index in [0.717, 1.165) is 37.3 Å². The van der Waals surface area contributed by atoms with Crippen LogP contribution in [-0.2, 0) is 19.5 Å². The molecule has 0 aliphatic carbocycles. The van der Waals surface area contributed by atoms with Crippen LogP contribution in [0.25, 0.3) is 0 Å². The highest BCUT2D eigenvalue weighted by atomic mass is 32.1. The number of fused-ring (bicyclic) bond motifs is 1. The highest BCUT2D eigenvalue weighted by molar-refractivity contribution is 7.08. The second-order valence-electron chi connectivity index (χ2n) is 5.94. The summed E-state index contributed by atoms with van der Waals surface area (Å²) in [6.07, 6.45) is 1.02. The third kappa shape index (κ3) is 3.11. The van der Waals surface area contributed by atoms with Gasteiger partial charge in [-0.2, -0.15) is 16.4 Å². The Labute approximate surface area is 144 Å². The molecule has 1 aliphatic heterocycles. The fourth-order valence-electron chi connectivity index (χ4n) is 2.97. The summed E-state index contributed by atoms with van der Waals surface area (Å²) in [6.45, 7) is 2.66. The van der Waals surface area contributed by atoms with Gasteiger partial charge >= 0.3 is 0 Å². The topological polar surface area (TPSA) is 61.0 Å². The Morgan fingerprint density at radius 3 is 2.92 bits per heavy atom. The Morgan fingerprint density at radius 2 is 2.12 bits per heavy atom. The summed E-state index contributed by atoms with van der Waals surface area (Å²) in [7, 11) is 0. The van der Waals surface area contributed by atoms with Gasteiger partial charge in [0.25, 0.3) is 5.91 Å². The van der Waals surface area contributed by atoms with Crippen molar-refractivity contribution in [1.29, 1.82) is 0 Å². The smallest absolute Gasteiger partial charge is 0.257 e. The fourth-order valence-corrected chi connectivity index (χ4v) is 3.61. The normalized spacial score (nSPS) is 13.8. The minimum absolute atomic E-state index is 0.103. The molecule has 0 saturated heterocycles. The molecule has 0 radical (unpaired) electrons. The number of aromatic amines is 1. The van der Waals surface area contributed by atoms with Gasteiger partial charge in [0.2, 0.25) is 0 Å². The first-order valence-corrected chi connectivity index (χ1v) is 8.90. The van der Waals surface area contributed by atoms with Crippen molar-refractivity contribution in [3.8, 4) is 0 Å². The molecule has 24 heavy (non-hydrogen) atoms. The SMILES string of the molecule is O=C(Nc1n[nH]c2c1CN(CCc1ccccc1)C2)c1ccsc1. The molecule has 1 amide bonds. The second kappa shape index (κ2) is 6.59. The number of carbonyl (C=O) groups is 1. The lowest BCUT2D eigenvalue weighted by Crippen LogP contribution is -2.20. The second-order valence-corrected chi connectivity index (χ2v) is 6.72. The van der Waals surface area contributed by atoms with Crippen LogP contribution in [-0.4, -0.2) is 27.5 Å². The van der Waals surface area contributed by atoms with Crippen molar-refractivity contribution in [2.75, 3.05) is 11.9 Å². The maximum Gasteiger partial charge on any atom is 0.257 e. The number of anilines is 1. The maximum atomic E-state index is 12.2. The Morgan fingerprint density at radius 1 is 1.25 bits per heavy atom. The molecular formula is C18H18N4OS. The zero-order valence-corrected chi connectivity index (χ0v) is 14.0. The van der Waals surface area contributed by atoms with E-state index in [1.165, 1.54) is 16.9 Å². The van der Waals surface area contributed by atoms with E-state index in [-0.39, 0.29) is 5.91 Å².